The third kappa shape index (κ3) is 11.4. The van der Waals surface area contributed by atoms with Crippen molar-refractivity contribution in [2.45, 2.75) is 46.3 Å². The van der Waals surface area contributed by atoms with Crippen LogP contribution in [0.5, 0.6) is 0 Å². The van der Waals surface area contributed by atoms with E-state index in [1.807, 2.05) is 37.3 Å². The molecule has 1 rings (SSSR count). The molecule has 0 heterocycles. The number of hydrogen-bond acceptors (Lipinski definition) is 3. The molecule has 144 valence electrons. The molecule has 0 bridgehead atoms. The number of hydrogen-bond donors (Lipinski definition) is 3. The Hall–Kier alpha value is -0.860. The first-order valence-corrected chi connectivity index (χ1v) is 9.01. The molecule has 5 nitrogen and oxygen atoms in total. The molecule has 1 atom stereocenters. The Bertz CT molecular complexity index is 453. The number of benzene rings is 1. The van der Waals surface area contributed by atoms with Gasteiger partial charge in [-0.3, -0.25) is 4.99 Å². The second-order valence-corrected chi connectivity index (χ2v) is 5.94. The van der Waals surface area contributed by atoms with Gasteiger partial charge in [0, 0.05) is 19.6 Å². The van der Waals surface area contributed by atoms with Crippen LogP contribution < -0.4 is 10.6 Å². The van der Waals surface area contributed by atoms with Gasteiger partial charge in [-0.25, -0.2) is 0 Å². The predicted octanol–water partition coefficient (Wildman–Crippen LogP) is 3.17. The smallest absolute Gasteiger partial charge is 0.191 e. The molecule has 0 saturated carbocycles. The van der Waals surface area contributed by atoms with Gasteiger partial charge in [0.05, 0.1) is 19.3 Å². The van der Waals surface area contributed by atoms with E-state index < -0.39 is 6.10 Å². The summed E-state index contributed by atoms with van der Waals surface area (Å²) in [7, 11) is 0. The van der Waals surface area contributed by atoms with E-state index in [2.05, 4.69) is 29.5 Å². The zero-order chi connectivity index (χ0) is 17.6. The highest BCUT2D eigenvalue weighted by atomic mass is 127. The van der Waals surface area contributed by atoms with Gasteiger partial charge in [0.15, 0.2) is 5.96 Å². The average molecular weight is 463 g/mol. The van der Waals surface area contributed by atoms with Crippen LogP contribution in [-0.4, -0.2) is 43.4 Å². The second kappa shape index (κ2) is 15.4. The molecule has 0 saturated heterocycles. The summed E-state index contributed by atoms with van der Waals surface area (Å²) in [6.45, 7) is 9.26. The van der Waals surface area contributed by atoms with Crippen LogP contribution in [0.3, 0.4) is 0 Å². The number of rotatable bonds is 11. The number of ether oxygens (including phenoxy) is 1. The molecule has 0 aromatic heterocycles. The van der Waals surface area contributed by atoms with Gasteiger partial charge in [-0.05, 0) is 18.4 Å². The largest absolute Gasteiger partial charge is 0.389 e. The van der Waals surface area contributed by atoms with Gasteiger partial charge in [-0.1, -0.05) is 57.0 Å². The molecule has 6 heteroatoms. The van der Waals surface area contributed by atoms with Crippen LogP contribution in [-0.2, 0) is 11.3 Å². The Labute approximate surface area is 169 Å². The van der Waals surface area contributed by atoms with Gasteiger partial charge in [-0.15, -0.1) is 24.0 Å². The van der Waals surface area contributed by atoms with E-state index in [0.29, 0.717) is 25.7 Å². The van der Waals surface area contributed by atoms with Gasteiger partial charge in [0.2, 0.25) is 0 Å². The van der Waals surface area contributed by atoms with Crippen molar-refractivity contribution in [2.75, 3.05) is 26.2 Å². The lowest BCUT2D eigenvalue weighted by atomic mass is 10.0. The normalized spacial score (nSPS) is 12.6. The quantitative estimate of drug-likeness (QED) is 0.268. The van der Waals surface area contributed by atoms with Crippen LogP contribution in [0.25, 0.3) is 0 Å². The van der Waals surface area contributed by atoms with Crippen molar-refractivity contribution in [3.63, 3.8) is 0 Å². The molecule has 0 aliphatic heterocycles. The zero-order valence-electron chi connectivity index (χ0n) is 15.7. The van der Waals surface area contributed by atoms with Crippen molar-refractivity contribution in [1.29, 1.82) is 0 Å². The summed E-state index contributed by atoms with van der Waals surface area (Å²) < 4.78 is 5.56. The van der Waals surface area contributed by atoms with Crippen LogP contribution in [0.15, 0.2) is 35.3 Å². The molecular weight excluding hydrogens is 429 g/mol. The van der Waals surface area contributed by atoms with Crippen molar-refractivity contribution < 1.29 is 9.84 Å². The SMILES string of the molecule is CCNC(=NCC(CC)CC)NCC(O)COCc1ccccc1.I. The van der Waals surface area contributed by atoms with E-state index in [-0.39, 0.29) is 24.0 Å². The van der Waals surface area contributed by atoms with Gasteiger partial charge in [0.1, 0.15) is 0 Å². The lowest BCUT2D eigenvalue weighted by Gasteiger charge is -2.16. The minimum absolute atomic E-state index is 0. The molecule has 0 aliphatic carbocycles. The lowest BCUT2D eigenvalue weighted by molar-refractivity contribution is 0.0308. The molecule has 1 aromatic rings. The van der Waals surface area contributed by atoms with Gasteiger partial charge >= 0.3 is 0 Å². The lowest BCUT2D eigenvalue weighted by Crippen LogP contribution is -2.42. The number of aliphatic imine (C=N–C) groups is 1. The number of halogens is 1. The molecule has 25 heavy (non-hydrogen) atoms. The third-order valence-electron chi connectivity index (χ3n) is 3.93. The highest BCUT2D eigenvalue weighted by Crippen LogP contribution is 2.07. The highest BCUT2D eigenvalue weighted by Gasteiger charge is 2.07. The van der Waals surface area contributed by atoms with Crippen molar-refractivity contribution in [2.24, 2.45) is 10.9 Å². The van der Waals surface area contributed by atoms with Crippen LogP contribution >= 0.6 is 24.0 Å². The van der Waals surface area contributed by atoms with Crippen LogP contribution in [0.1, 0.15) is 39.2 Å². The number of aliphatic hydroxyl groups excluding tert-OH is 1. The van der Waals surface area contributed by atoms with Crippen molar-refractivity contribution in [3.8, 4) is 0 Å². The van der Waals surface area contributed by atoms with Gasteiger partial charge in [0.25, 0.3) is 0 Å². The first-order chi connectivity index (χ1) is 11.7. The first-order valence-electron chi connectivity index (χ1n) is 9.01. The minimum Gasteiger partial charge on any atom is -0.389 e. The number of guanidine groups is 1. The van der Waals surface area contributed by atoms with E-state index in [1.54, 1.807) is 0 Å². The molecule has 1 aromatic carbocycles. The molecular formula is C19H34IN3O2. The minimum atomic E-state index is -0.564. The molecule has 3 N–H and O–H groups in total. The molecule has 0 fully saturated rings. The van der Waals surface area contributed by atoms with E-state index in [1.165, 1.54) is 0 Å². The standard InChI is InChI=1S/C19H33N3O2.HI/c1-4-16(5-2)12-21-19(20-6-3)22-13-18(23)15-24-14-17-10-8-7-9-11-17;/h7-11,16,18,23H,4-6,12-15H2,1-3H3,(H2,20,21,22);1H. The molecule has 0 radical (unpaired) electrons. The van der Waals surface area contributed by atoms with Gasteiger partial charge in [-0.2, -0.15) is 0 Å². The van der Waals surface area contributed by atoms with Crippen LogP contribution in [0.4, 0.5) is 0 Å². The van der Waals surface area contributed by atoms with E-state index >= 15 is 0 Å². The third-order valence-corrected chi connectivity index (χ3v) is 3.93. The fraction of sp³-hybridized carbons (Fsp3) is 0.632. The van der Waals surface area contributed by atoms with Crippen molar-refractivity contribution in [1.82, 2.24) is 10.6 Å². The topological polar surface area (TPSA) is 65.9 Å². The molecule has 0 spiro atoms. The van der Waals surface area contributed by atoms with Crippen LogP contribution in [0.2, 0.25) is 0 Å². The summed E-state index contributed by atoms with van der Waals surface area (Å²) in [5, 5.41) is 16.4. The monoisotopic (exact) mass is 463 g/mol. The van der Waals surface area contributed by atoms with Gasteiger partial charge < -0.3 is 20.5 Å². The average Bonchev–Trinajstić information content (AvgIpc) is 2.61. The summed E-state index contributed by atoms with van der Waals surface area (Å²) in [6.07, 6.45) is 1.70. The Morgan fingerprint density at radius 3 is 2.40 bits per heavy atom. The fourth-order valence-electron chi connectivity index (χ4n) is 2.27. The summed E-state index contributed by atoms with van der Waals surface area (Å²) in [5.74, 6) is 1.37. The second-order valence-electron chi connectivity index (χ2n) is 5.94. The number of aliphatic hydroxyl groups is 1. The number of nitrogens with one attached hydrogen (secondary N) is 2. The Morgan fingerprint density at radius 1 is 1.12 bits per heavy atom. The maximum atomic E-state index is 10.0. The predicted molar refractivity (Wildman–Crippen MR) is 116 cm³/mol. The summed E-state index contributed by atoms with van der Waals surface area (Å²) in [5.41, 5.74) is 1.11. The van der Waals surface area contributed by atoms with E-state index in [4.69, 9.17) is 4.74 Å². The van der Waals surface area contributed by atoms with E-state index in [9.17, 15) is 5.11 Å². The summed E-state index contributed by atoms with van der Waals surface area (Å²) in [6, 6.07) is 9.97. The molecule has 0 aliphatic rings. The summed E-state index contributed by atoms with van der Waals surface area (Å²) >= 11 is 0. The van der Waals surface area contributed by atoms with E-state index in [0.717, 1.165) is 37.5 Å². The molecule has 0 amide bonds. The van der Waals surface area contributed by atoms with Crippen LogP contribution in [0, 0.1) is 5.92 Å². The Kier molecular flexibility index (Phi) is 14.9. The number of nitrogens with zero attached hydrogens (tertiary/aromatic N) is 1. The fourth-order valence-corrected chi connectivity index (χ4v) is 2.27. The first kappa shape index (κ1) is 24.1. The molecule has 1 unspecified atom stereocenters. The maximum absolute atomic E-state index is 10.0. The van der Waals surface area contributed by atoms with Crippen molar-refractivity contribution >= 4 is 29.9 Å². The Balaban J connectivity index is 0.00000576. The van der Waals surface area contributed by atoms with Crippen molar-refractivity contribution in [3.05, 3.63) is 35.9 Å². The summed E-state index contributed by atoms with van der Waals surface area (Å²) in [4.78, 5) is 4.60. The Morgan fingerprint density at radius 2 is 1.80 bits per heavy atom. The zero-order valence-corrected chi connectivity index (χ0v) is 18.0. The maximum Gasteiger partial charge on any atom is 0.191 e. The highest BCUT2D eigenvalue weighted by molar-refractivity contribution is 14.0.